The van der Waals surface area contributed by atoms with Crippen LogP contribution in [0.25, 0.3) is 0 Å². The van der Waals surface area contributed by atoms with E-state index < -0.39 is 10.8 Å². The molecular weight excluding hydrogens is 893 g/mol. The van der Waals surface area contributed by atoms with Crippen LogP contribution in [-0.2, 0) is 43.3 Å². The quantitative estimate of drug-likeness (QED) is 0.119. The van der Waals surface area contributed by atoms with Gasteiger partial charge in [-0.2, -0.15) is 0 Å². The van der Waals surface area contributed by atoms with Gasteiger partial charge in [-0.25, -0.2) is 0 Å². The Hall–Kier alpha value is -5.60. The first-order chi connectivity index (χ1) is 34.3. The van der Waals surface area contributed by atoms with Gasteiger partial charge in [-0.15, -0.1) is 0 Å². The topological polar surface area (TPSA) is 6.48 Å². The molecule has 0 spiro atoms. The van der Waals surface area contributed by atoms with Crippen molar-refractivity contribution >= 4 is 28.4 Å². The number of aryl methyl sites for hydroxylation is 4. The molecule has 1 atom stereocenters. The van der Waals surface area contributed by atoms with E-state index in [0.29, 0.717) is 0 Å². The molecule has 0 saturated heterocycles. The SMILES string of the molecule is C=C/C=C(/N(c1cc2c(cc1C)C(C)(C)CC2(C)C)c1cc(C)cc(N(c2cc3c(cc2C)C(C)(C)CCC3(C)C)c2cc3c(cc2C)C(C)(C)CC3(C)C)c1C)C(C)(c1ccccc1)C(C)(C)c1ccccc1. The van der Waals surface area contributed by atoms with Crippen LogP contribution in [0.5, 0.6) is 0 Å². The van der Waals surface area contributed by atoms with E-state index in [0.717, 1.165) is 19.3 Å². The number of benzene rings is 6. The molecule has 0 bridgehead atoms. The van der Waals surface area contributed by atoms with Crippen molar-refractivity contribution in [2.75, 3.05) is 9.80 Å². The Labute approximate surface area is 449 Å². The second-order valence-electron chi connectivity index (χ2n) is 28.1. The molecule has 0 saturated carbocycles. The van der Waals surface area contributed by atoms with E-state index in [-0.39, 0.29) is 32.5 Å². The maximum Gasteiger partial charge on any atom is 0.0514 e. The van der Waals surface area contributed by atoms with Gasteiger partial charge in [0.2, 0.25) is 0 Å². The fourth-order valence-corrected chi connectivity index (χ4v) is 15.0. The molecular formula is C72H90N2. The summed E-state index contributed by atoms with van der Waals surface area (Å²) >= 11 is 0. The van der Waals surface area contributed by atoms with E-state index in [9.17, 15) is 0 Å². The number of anilines is 5. The van der Waals surface area contributed by atoms with Crippen molar-refractivity contribution in [3.63, 3.8) is 0 Å². The Morgan fingerprint density at radius 1 is 0.446 bits per heavy atom. The lowest BCUT2D eigenvalue weighted by molar-refractivity contribution is 0.320. The second kappa shape index (κ2) is 17.7. The highest BCUT2D eigenvalue weighted by Gasteiger charge is 2.50. The third kappa shape index (κ3) is 8.44. The van der Waals surface area contributed by atoms with Crippen LogP contribution in [0.1, 0.15) is 202 Å². The van der Waals surface area contributed by atoms with Crippen LogP contribution in [0.2, 0.25) is 0 Å². The molecule has 0 amide bonds. The first kappa shape index (κ1) is 53.2. The first-order valence-corrected chi connectivity index (χ1v) is 27.9. The predicted molar refractivity (Wildman–Crippen MR) is 322 cm³/mol. The molecule has 3 aliphatic carbocycles. The summed E-state index contributed by atoms with van der Waals surface area (Å²) in [6.45, 7) is 53.2. The minimum atomic E-state index is -0.581. The molecule has 9 rings (SSSR count). The van der Waals surface area contributed by atoms with Crippen LogP contribution in [0.3, 0.4) is 0 Å². The predicted octanol–water partition coefficient (Wildman–Crippen LogP) is 20.1. The number of nitrogens with zero attached hydrogens (tertiary/aromatic N) is 2. The van der Waals surface area contributed by atoms with Crippen molar-refractivity contribution in [1.82, 2.24) is 0 Å². The van der Waals surface area contributed by atoms with Crippen molar-refractivity contribution in [3.05, 3.63) is 206 Å². The summed E-state index contributed by atoms with van der Waals surface area (Å²) in [5.74, 6) is 0. The van der Waals surface area contributed by atoms with Gasteiger partial charge in [0.05, 0.1) is 11.4 Å². The molecule has 0 radical (unpaired) electrons. The molecule has 6 aromatic rings. The standard InChI is InChI=1S/C72H90N2/c1-22-29-64(72(21,52-32-27-24-28-33-52)71(19,20)51-30-25-23-26-31-51)74(61-43-58-55(40-49(61)5)68(13,14)45-70(58,17)18)63-37-46(2)36-62(50(63)6)73(60-42-57-54(39-48(60)4)67(11,12)44-69(57,15)16)59-41-56-53(38-47(59)3)65(7,8)34-35-66(56,9)10/h22-33,36-43H,1,34-35,44-45H2,2-21H3/b64-29+. The lowest BCUT2D eigenvalue weighted by Crippen LogP contribution is -2.48. The molecule has 0 aromatic heterocycles. The van der Waals surface area contributed by atoms with Gasteiger partial charge in [-0.1, -0.05) is 188 Å². The van der Waals surface area contributed by atoms with Gasteiger partial charge in [0.15, 0.2) is 0 Å². The summed E-state index contributed by atoms with van der Waals surface area (Å²) in [5.41, 5.74) is 24.3. The summed E-state index contributed by atoms with van der Waals surface area (Å²) in [6, 6.07) is 42.9. The van der Waals surface area contributed by atoms with Gasteiger partial charge in [-0.05, 0) is 208 Å². The number of hydrogen-bond donors (Lipinski definition) is 0. The van der Waals surface area contributed by atoms with Crippen molar-refractivity contribution in [3.8, 4) is 0 Å². The van der Waals surface area contributed by atoms with Crippen molar-refractivity contribution in [2.45, 2.75) is 207 Å². The average Bonchev–Trinajstić information content (AvgIpc) is 3.62. The fourth-order valence-electron chi connectivity index (χ4n) is 15.0. The maximum absolute atomic E-state index is 4.54. The molecule has 1 unspecified atom stereocenters. The van der Waals surface area contributed by atoms with E-state index >= 15 is 0 Å². The van der Waals surface area contributed by atoms with E-state index in [2.05, 4.69) is 270 Å². The number of rotatable bonds is 11. The van der Waals surface area contributed by atoms with Gasteiger partial charge in [0, 0.05) is 33.6 Å². The zero-order valence-corrected chi connectivity index (χ0v) is 49.5. The van der Waals surface area contributed by atoms with E-state index in [1.165, 1.54) is 113 Å². The lowest BCUT2D eigenvalue weighted by atomic mass is 9.57. The molecule has 6 aromatic carbocycles. The Bertz CT molecular complexity index is 3220. The largest absolute Gasteiger partial charge is 0.313 e. The minimum Gasteiger partial charge on any atom is -0.313 e. The van der Waals surface area contributed by atoms with Crippen LogP contribution >= 0.6 is 0 Å². The highest BCUT2D eigenvalue weighted by Crippen LogP contribution is 2.59. The zero-order chi connectivity index (χ0) is 54.1. The van der Waals surface area contributed by atoms with Crippen LogP contribution in [0.15, 0.2) is 134 Å². The van der Waals surface area contributed by atoms with Crippen LogP contribution < -0.4 is 9.80 Å². The first-order valence-electron chi connectivity index (χ1n) is 27.9. The summed E-state index contributed by atoms with van der Waals surface area (Å²) < 4.78 is 0. The zero-order valence-electron chi connectivity index (χ0n) is 49.5. The van der Waals surface area contributed by atoms with E-state index in [4.69, 9.17) is 0 Å². The monoisotopic (exact) mass is 983 g/mol. The third-order valence-corrected chi connectivity index (χ3v) is 19.4. The number of fused-ring (bicyclic) bond motifs is 3. The lowest BCUT2D eigenvalue weighted by Gasteiger charge is -2.51. The maximum atomic E-state index is 4.54. The summed E-state index contributed by atoms with van der Waals surface area (Å²) in [7, 11) is 0. The molecule has 0 N–H and O–H groups in total. The van der Waals surface area contributed by atoms with Gasteiger partial charge >= 0.3 is 0 Å². The van der Waals surface area contributed by atoms with Crippen LogP contribution in [-0.4, -0.2) is 0 Å². The fraction of sp³-hybridized carbons (Fsp3) is 0.444. The molecule has 2 heteroatoms. The molecule has 2 nitrogen and oxygen atoms in total. The average molecular weight is 984 g/mol. The van der Waals surface area contributed by atoms with Crippen LogP contribution in [0.4, 0.5) is 28.4 Å². The summed E-state index contributed by atoms with van der Waals surface area (Å²) in [5, 5.41) is 0. The minimum absolute atomic E-state index is 0.00925. The molecule has 3 aliphatic rings. The molecule has 74 heavy (non-hydrogen) atoms. The third-order valence-electron chi connectivity index (χ3n) is 19.4. The second-order valence-corrected chi connectivity index (χ2v) is 28.1. The van der Waals surface area contributed by atoms with E-state index in [1.54, 1.807) is 0 Å². The van der Waals surface area contributed by atoms with Gasteiger partial charge in [0.25, 0.3) is 0 Å². The molecule has 0 heterocycles. The summed E-state index contributed by atoms with van der Waals surface area (Å²) in [4.78, 5) is 5.38. The molecule has 0 fully saturated rings. The summed E-state index contributed by atoms with van der Waals surface area (Å²) in [6.07, 6.45) is 8.93. The molecule has 0 aliphatic heterocycles. The highest BCUT2D eigenvalue weighted by molar-refractivity contribution is 5.89. The van der Waals surface area contributed by atoms with Gasteiger partial charge in [-0.3, -0.25) is 0 Å². The van der Waals surface area contributed by atoms with E-state index in [1.807, 2.05) is 6.08 Å². The molecule has 388 valence electrons. The van der Waals surface area contributed by atoms with Crippen molar-refractivity contribution < 1.29 is 0 Å². The Morgan fingerprint density at radius 2 is 0.811 bits per heavy atom. The Kier molecular flexibility index (Phi) is 12.8. The Balaban J connectivity index is 1.42. The van der Waals surface area contributed by atoms with Crippen molar-refractivity contribution in [2.24, 2.45) is 0 Å². The number of hydrogen-bond acceptors (Lipinski definition) is 2. The van der Waals surface area contributed by atoms with Crippen LogP contribution in [0, 0.1) is 34.6 Å². The van der Waals surface area contributed by atoms with Gasteiger partial charge < -0.3 is 9.80 Å². The van der Waals surface area contributed by atoms with Crippen molar-refractivity contribution in [1.29, 1.82) is 0 Å². The normalized spacial score (nSPS) is 19.5. The van der Waals surface area contributed by atoms with Gasteiger partial charge in [0.1, 0.15) is 0 Å². The smallest absolute Gasteiger partial charge is 0.0514 e. The number of allylic oxidation sites excluding steroid dienone is 3. The highest BCUT2D eigenvalue weighted by atomic mass is 15.2. The Morgan fingerprint density at radius 3 is 1.26 bits per heavy atom.